The Kier molecular flexibility index (Phi) is 7.85. The average Bonchev–Trinajstić information content (AvgIpc) is 3.46. The van der Waals surface area contributed by atoms with Crippen molar-refractivity contribution in [3.05, 3.63) is 120 Å². The normalized spacial score (nSPS) is 24.5. The fraction of sp³-hybridized carbons (Fsp3) is 0.333. The lowest BCUT2D eigenvalue weighted by Crippen LogP contribution is -2.60. The van der Waals surface area contributed by atoms with Crippen LogP contribution in [0.2, 0.25) is 0 Å². The SMILES string of the molecule is c1ccc(COC[C@H]2O[C@@H]3[C@H](OCc4cnnn43)[C@@H](OCc3ccccc3)[C@@H]2OCc2ccccc2)cc1. The Balaban J connectivity index is 1.26. The zero-order valence-corrected chi connectivity index (χ0v) is 21.0. The van der Waals surface area contributed by atoms with Crippen LogP contribution in [0, 0.1) is 0 Å². The van der Waals surface area contributed by atoms with Crippen molar-refractivity contribution >= 4 is 0 Å². The molecule has 0 amide bonds. The van der Waals surface area contributed by atoms with Crippen molar-refractivity contribution in [1.29, 1.82) is 0 Å². The van der Waals surface area contributed by atoms with E-state index in [1.54, 1.807) is 10.9 Å². The first kappa shape index (κ1) is 24.9. The number of benzene rings is 3. The third-order valence-corrected chi connectivity index (χ3v) is 6.89. The molecule has 4 aromatic rings. The van der Waals surface area contributed by atoms with E-state index in [-0.39, 0.29) is 0 Å². The summed E-state index contributed by atoms with van der Waals surface area (Å²) < 4.78 is 34.0. The number of fused-ring (bicyclic) bond motifs is 3. The Morgan fingerprint density at radius 3 is 1.95 bits per heavy atom. The predicted molar refractivity (Wildman–Crippen MR) is 139 cm³/mol. The summed E-state index contributed by atoms with van der Waals surface area (Å²) in [7, 11) is 0. The van der Waals surface area contributed by atoms with Crippen molar-refractivity contribution in [3.8, 4) is 0 Å². The Morgan fingerprint density at radius 2 is 1.32 bits per heavy atom. The van der Waals surface area contributed by atoms with Crippen LogP contribution in [-0.2, 0) is 50.1 Å². The maximum absolute atomic E-state index is 6.60. The lowest BCUT2D eigenvalue weighted by atomic mass is 9.96. The molecular weight excluding hydrogens is 482 g/mol. The highest BCUT2D eigenvalue weighted by Gasteiger charge is 2.51. The van der Waals surface area contributed by atoms with Gasteiger partial charge in [-0.15, -0.1) is 5.10 Å². The second-order valence-electron chi connectivity index (χ2n) is 9.53. The number of hydrogen-bond acceptors (Lipinski definition) is 7. The first-order valence-electron chi connectivity index (χ1n) is 12.9. The predicted octanol–water partition coefficient (Wildman–Crippen LogP) is 4.46. The van der Waals surface area contributed by atoms with E-state index in [4.69, 9.17) is 23.7 Å². The smallest absolute Gasteiger partial charge is 0.181 e. The number of ether oxygens (including phenoxy) is 5. The highest BCUT2D eigenvalue weighted by molar-refractivity contribution is 5.15. The van der Waals surface area contributed by atoms with Crippen molar-refractivity contribution in [1.82, 2.24) is 15.0 Å². The van der Waals surface area contributed by atoms with Gasteiger partial charge in [-0.25, -0.2) is 4.68 Å². The number of rotatable bonds is 10. The molecule has 2 aliphatic rings. The van der Waals surface area contributed by atoms with Crippen molar-refractivity contribution in [2.24, 2.45) is 0 Å². The summed E-state index contributed by atoms with van der Waals surface area (Å²) in [5, 5.41) is 8.38. The Hall–Kier alpha value is -3.40. The first-order valence-corrected chi connectivity index (χ1v) is 12.9. The molecule has 3 heterocycles. The van der Waals surface area contributed by atoms with E-state index in [0.717, 1.165) is 22.4 Å². The van der Waals surface area contributed by atoms with E-state index in [1.807, 2.05) is 91.0 Å². The summed E-state index contributed by atoms with van der Waals surface area (Å²) in [6, 6.07) is 30.3. The van der Waals surface area contributed by atoms with E-state index in [2.05, 4.69) is 10.3 Å². The van der Waals surface area contributed by atoms with Crippen LogP contribution in [0.5, 0.6) is 0 Å². The second kappa shape index (κ2) is 12.0. The van der Waals surface area contributed by atoms with Gasteiger partial charge in [-0.05, 0) is 16.7 Å². The molecule has 1 aromatic heterocycles. The molecular formula is C30H31N3O5. The third kappa shape index (κ3) is 5.70. The van der Waals surface area contributed by atoms with Gasteiger partial charge in [0.25, 0.3) is 0 Å². The summed E-state index contributed by atoms with van der Waals surface area (Å²) in [5.74, 6) is 0. The molecule has 0 aliphatic carbocycles. The molecule has 3 aromatic carbocycles. The minimum Gasteiger partial charge on any atom is -0.374 e. The van der Waals surface area contributed by atoms with E-state index in [1.165, 1.54) is 0 Å². The first-order chi connectivity index (χ1) is 18.8. The summed E-state index contributed by atoms with van der Waals surface area (Å²) in [4.78, 5) is 0. The zero-order chi connectivity index (χ0) is 25.6. The minimum absolute atomic E-state index is 0.326. The fourth-order valence-electron chi connectivity index (χ4n) is 4.96. The Bertz CT molecular complexity index is 1270. The van der Waals surface area contributed by atoms with Crippen LogP contribution in [0.3, 0.4) is 0 Å². The Morgan fingerprint density at radius 1 is 0.737 bits per heavy atom. The molecule has 38 heavy (non-hydrogen) atoms. The van der Waals surface area contributed by atoms with Crippen LogP contribution in [0.15, 0.2) is 97.2 Å². The Labute approximate surface area is 222 Å². The summed E-state index contributed by atoms with van der Waals surface area (Å²) in [6.45, 7) is 2.02. The maximum atomic E-state index is 6.60. The summed E-state index contributed by atoms with van der Waals surface area (Å²) in [5.41, 5.74) is 4.11. The van der Waals surface area contributed by atoms with Crippen LogP contribution >= 0.6 is 0 Å². The van der Waals surface area contributed by atoms with E-state index >= 15 is 0 Å². The number of nitrogens with zero attached hydrogens (tertiary/aromatic N) is 3. The maximum Gasteiger partial charge on any atom is 0.181 e. The van der Waals surface area contributed by atoms with Gasteiger partial charge in [0.05, 0.1) is 44.9 Å². The van der Waals surface area contributed by atoms with Crippen LogP contribution < -0.4 is 0 Å². The van der Waals surface area contributed by atoms with Gasteiger partial charge in [0, 0.05) is 0 Å². The monoisotopic (exact) mass is 513 g/mol. The largest absolute Gasteiger partial charge is 0.374 e. The molecule has 8 heteroatoms. The molecule has 5 atom stereocenters. The van der Waals surface area contributed by atoms with Crippen LogP contribution in [-0.4, -0.2) is 46.0 Å². The molecule has 6 rings (SSSR count). The number of hydrogen-bond donors (Lipinski definition) is 0. The van der Waals surface area contributed by atoms with Gasteiger partial charge < -0.3 is 23.7 Å². The molecule has 2 aliphatic heterocycles. The quantitative estimate of drug-likeness (QED) is 0.310. The van der Waals surface area contributed by atoms with Gasteiger partial charge in [0.15, 0.2) is 6.23 Å². The van der Waals surface area contributed by atoms with Gasteiger partial charge >= 0.3 is 0 Å². The molecule has 1 saturated heterocycles. The van der Waals surface area contributed by atoms with E-state index in [9.17, 15) is 0 Å². The summed E-state index contributed by atoms with van der Waals surface area (Å²) in [6.07, 6.45) is -0.467. The second-order valence-corrected chi connectivity index (χ2v) is 9.53. The lowest BCUT2D eigenvalue weighted by Gasteiger charge is -2.47. The molecule has 0 N–H and O–H groups in total. The van der Waals surface area contributed by atoms with Crippen molar-refractivity contribution < 1.29 is 23.7 Å². The van der Waals surface area contributed by atoms with Crippen molar-refractivity contribution in [2.75, 3.05) is 6.61 Å². The van der Waals surface area contributed by atoms with Gasteiger partial charge in [-0.3, -0.25) is 0 Å². The minimum atomic E-state index is -0.496. The molecule has 0 unspecified atom stereocenters. The average molecular weight is 514 g/mol. The molecule has 8 nitrogen and oxygen atoms in total. The topological polar surface area (TPSA) is 76.9 Å². The highest BCUT2D eigenvalue weighted by Crippen LogP contribution is 2.38. The standard InChI is InChI=1S/C30H31N3O5/c1-4-10-22(11-5-1)17-34-21-26-27(35-18-23-12-6-2-7-13-23)28(36-19-24-14-8-3-9-15-24)29-30(38-26)33-25(20-37-29)16-31-32-33/h1-16,26-30H,17-21H2/t26-,27-,28+,29-,30-/m1/s1. The van der Waals surface area contributed by atoms with Gasteiger partial charge in [-0.1, -0.05) is 96.2 Å². The molecule has 0 radical (unpaired) electrons. The van der Waals surface area contributed by atoms with Gasteiger partial charge in [0.2, 0.25) is 0 Å². The van der Waals surface area contributed by atoms with Crippen LogP contribution in [0.4, 0.5) is 0 Å². The van der Waals surface area contributed by atoms with E-state index < -0.39 is 30.6 Å². The van der Waals surface area contributed by atoms with E-state index in [0.29, 0.717) is 33.0 Å². The summed E-state index contributed by atoms with van der Waals surface area (Å²) >= 11 is 0. The molecule has 1 fully saturated rings. The number of aromatic nitrogens is 3. The van der Waals surface area contributed by atoms with Crippen molar-refractivity contribution in [3.63, 3.8) is 0 Å². The zero-order valence-electron chi connectivity index (χ0n) is 21.0. The molecule has 196 valence electrons. The third-order valence-electron chi connectivity index (χ3n) is 6.89. The van der Waals surface area contributed by atoms with Crippen molar-refractivity contribution in [2.45, 2.75) is 57.1 Å². The van der Waals surface area contributed by atoms with Crippen LogP contribution in [0.25, 0.3) is 0 Å². The molecule has 0 bridgehead atoms. The lowest BCUT2D eigenvalue weighted by molar-refractivity contribution is -0.301. The highest BCUT2D eigenvalue weighted by atomic mass is 16.6. The van der Waals surface area contributed by atoms with Gasteiger partial charge in [-0.2, -0.15) is 0 Å². The fourth-order valence-corrected chi connectivity index (χ4v) is 4.96. The van der Waals surface area contributed by atoms with Crippen LogP contribution in [0.1, 0.15) is 28.6 Å². The molecule has 0 spiro atoms. The molecule has 0 saturated carbocycles. The van der Waals surface area contributed by atoms with Gasteiger partial charge in [0.1, 0.15) is 24.4 Å².